The maximum atomic E-state index is 12.0. The second-order valence-electron chi connectivity index (χ2n) is 7.31. The molecule has 2 aromatic rings. The summed E-state index contributed by atoms with van der Waals surface area (Å²) in [7, 11) is 1.83. The summed E-state index contributed by atoms with van der Waals surface area (Å²) in [6, 6.07) is 12.5. The number of amides is 1. The Labute approximate surface area is 190 Å². The summed E-state index contributed by atoms with van der Waals surface area (Å²) in [6.07, 6.45) is 4.67. The minimum atomic E-state index is -0.157. The monoisotopic (exact) mass is 510 g/mol. The van der Waals surface area contributed by atoms with E-state index >= 15 is 0 Å². The predicted molar refractivity (Wildman–Crippen MR) is 127 cm³/mol. The summed E-state index contributed by atoms with van der Waals surface area (Å²) in [6.45, 7) is 5.30. The summed E-state index contributed by atoms with van der Waals surface area (Å²) in [5.74, 6) is 1.85. The molecule has 1 atom stereocenters. The average Bonchev–Trinajstić information content (AvgIpc) is 3.34. The lowest BCUT2D eigenvalue weighted by molar-refractivity contribution is 0.0925. The highest BCUT2D eigenvalue weighted by molar-refractivity contribution is 14.0. The fraction of sp³-hybridized carbons (Fsp3) is 0.455. The fourth-order valence-electron chi connectivity index (χ4n) is 3.65. The molecule has 2 heterocycles. The van der Waals surface area contributed by atoms with E-state index in [1.165, 1.54) is 18.2 Å². The SMILES string of the molecule is CN=C(NCCCNC(=O)c1occc1C)N1CCC(Cc2ccccc2)C1.I. The number of likely N-dealkylation sites (tertiary alicyclic amines) is 1. The van der Waals surface area contributed by atoms with E-state index in [0.29, 0.717) is 18.2 Å². The average molecular weight is 510 g/mol. The van der Waals surface area contributed by atoms with Crippen LogP contribution in [0, 0.1) is 12.8 Å². The van der Waals surface area contributed by atoms with E-state index in [4.69, 9.17) is 4.42 Å². The molecule has 0 bridgehead atoms. The number of aryl methyl sites for hydroxylation is 1. The highest BCUT2D eigenvalue weighted by atomic mass is 127. The first-order valence-corrected chi connectivity index (χ1v) is 9.99. The van der Waals surface area contributed by atoms with Gasteiger partial charge in [0.25, 0.3) is 5.91 Å². The van der Waals surface area contributed by atoms with E-state index in [1.807, 2.05) is 14.0 Å². The molecule has 0 aliphatic carbocycles. The number of nitrogens with zero attached hydrogens (tertiary/aromatic N) is 2. The number of furan rings is 1. The maximum Gasteiger partial charge on any atom is 0.287 e. The number of nitrogens with one attached hydrogen (secondary N) is 2. The van der Waals surface area contributed by atoms with Crippen LogP contribution in [-0.2, 0) is 6.42 Å². The van der Waals surface area contributed by atoms with Crippen LogP contribution in [0.25, 0.3) is 0 Å². The zero-order valence-electron chi connectivity index (χ0n) is 17.2. The van der Waals surface area contributed by atoms with E-state index < -0.39 is 0 Å². The van der Waals surface area contributed by atoms with Gasteiger partial charge in [-0.15, -0.1) is 24.0 Å². The van der Waals surface area contributed by atoms with Crippen molar-refractivity contribution in [2.24, 2.45) is 10.9 Å². The quantitative estimate of drug-likeness (QED) is 0.259. The van der Waals surface area contributed by atoms with Gasteiger partial charge in [-0.25, -0.2) is 0 Å². The summed E-state index contributed by atoms with van der Waals surface area (Å²) >= 11 is 0. The van der Waals surface area contributed by atoms with Crippen LogP contribution in [0.5, 0.6) is 0 Å². The summed E-state index contributed by atoms with van der Waals surface area (Å²) < 4.78 is 5.21. The minimum Gasteiger partial charge on any atom is -0.459 e. The van der Waals surface area contributed by atoms with Crippen LogP contribution in [0.4, 0.5) is 0 Å². The number of aliphatic imine (C=N–C) groups is 1. The molecule has 1 amide bonds. The molecule has 3 rings (SSSR count). The third-order valence-corrected chi connectivity index (χ3v) is 5.15. The van der Waals surface area contributed by atoms with Gasteiger partial charge < -0.3 is 20.0 Å². The van der Waals surface area contributed by atoms with E-state index in [0.717, 1.165) is 44.0 Å². The Hall–Kier alpha value is -2.03. The maximum absolute atomic E-state index is 12.0. The van der Waals surface area contributed by atoms with Gasteiger partial charge in [0.15, 0.2) is 11.7 Å². The van der Waals surface area contributed by atoms with Gasteiger partial charge in [-0.3, -0.25) is 9.79 Å². The molecule has 7 heteroatoms. The van der Waals surface area contributed by atoms with E-state index in [1.54, 1.807) is 6.07 Å². The van der Waals surface area contributed by atoms with Crippen molar-refractivity contribution in [3.05, 3.63) is 59.5 Å². The van der Waals surface area contributed by atoms with Gasteiger partial charge in [0.2, 0.25) is 0 Å². The van der Waals surface area contributed by atoms with Crippen molar-refractivity contribution in [2.75, 3.05) is 33.2 Å². The molecular weight excluding hydrogens is 479 g/mol. The number of benzene rings is 1. The first-order valence-electron chi connectivity index (χ1n) is 9.99. The normalized spacial score (nSPS) is 16.4. The molecule has 2 N–H and O–H groups in total. The van der Waals surface area contributed by atoms with Crippen molar-refractivity contribution in [1.29, 1.82) is 0 Å². The van der Waals surface area contributed by atoms with Gasteiger partial charge in [-0.2, -0.15) is 0 Å². The first kappa shape index (κ1) is 23.3. The van der Waals surface area contributed by atoms with E-state index in [-0.39, 0.29) is 29.9 Å². The van der Waals surface area contributed by atoms with Gasteiger partial charge >= 0.3 is 0 Å². The van der Waals surface area contributed by atoms with Crippen molar-refractivity contribution < 1.29 is 9.21 Å². The lowest BCUT2D eigenvalue weighted by atomic mass is 9.99. The molecule has 1 aromatic heterocycles. The van der Waals surface area contributed by atoms with Crippen molar-refractivity contribution in [3.8, 4) is 0 Å². The van der Waals surface area contributed by atoms with Gasteiger partial charge in [-0.05, 0) is 43.7 Å². The van der Waals surface area contributed by atoms with E-state index in [2.05, 4.69) is 50.9 Å². The largest absolute Gasteiger partial charge is 0.459 e. The highest BCUT2D eigenvalue weighted by Crippen LogP contribution is 2.20. The summed E-state index contributed by atoms with van der Waals surface area (Å²) in [5.41, 5.74) is 2.26. The predicted octanol–water partition coefficient (Wildman–Crippen LogP) is 3.47. The van der Waals surface area contributed by atoms with Crippen LogP contribution in [-0.4, -0.2) is 50.0 Å². The summed E-state index contributed by atoms with van der Waals surface area (Å²) in [5, 5.41) is 6.31. The van der Waals surface area contributed by atoms with Gasteiger partial charge in [0, 0.05) is 38.8 Å². The molecule has 0 saturated carbocycles. The molecule has 1 unspecified atom stereocenters. The number of guanidine groups is 1. The molecule has 1 fully saturated rings. The molecule has 1 saturated heterocycles. The molecule has 158 valence electrons. The van der Waals surface area contributed by atoms with Crippen LogP contribution in [0.3, 0.4) is 0 Å². The number of carbonyl (C=O) groups is 1. The van der Waals surface area contributed by atoms with Gasteiger partial charge in [-0.1, -0.05) is 30.3 Å². The van der Waals surface area contributed by atoms with E-state index in [9.17, 15) is 4.79 Å². The van der Waals surface area contributed by atoms with Crippen LogP contribution >= 0.6 is 24.0 Å². The number of carbonyl (C=O) groups excluding carboxylic acids is 1. The third-order valence-electron chi connectivity index (χ3n) is 5.15. The second-order valence-corrected chi connectivity index (χ2v) is 7.31. The van der Waals surface area contributed by atoms with Crippen molar-refractivity contribution >= 4 is 35.8 Å². The molecule has 0 spiro atoms. The number of hydrogen-bond donors (Lipinski definition) is 2. The lowest BCUT2D eigenvalue weighted by Gasteiger charge is -2.21. The molecule has 1 aromatic carbocycles. The molecule has 29 heavy (non-hydrogen) atoms. The zero-order valence-corrected chi connectivity index (χ0v) is 19.5. The number of halogens is 1. The Morgan fingerprint density at radius 1 is 1.21 bits per heavy atom. The van der Waals surface area contributed by atoms with Gasteiger partial charge in [0.05, 0.1) is 6.26 Å². The van der Waals surface area contributed by atoms with Crippen LogP contribution in [0.1, 0.15) is 34.5 Å². The van der Waals surface area contributed by atoms with Gasteiger partial charge in [0.1, 0.15) is 0 Å². The Morgan fingerprint density at radius 2 is 1.97 bits per heavy atom. The number of hydrogen-bond acceptors (Lipinski definition) is 3. The zero-order chi connectivity index (χ0) is 19.8. The number of rotatable bonds is 7. The topological polar surface area (TPSA) is 69.9 Å². The minimum absolute atomic E-state index is 0. The van der Waals surface area contributed by atoms with Crippen molar-refractivity contribution in [1.82, 2.24) is 15.5 Å². The third kappa shape index (κ3) is 6.76. The van der Waals surface area contributed by atoms with Crippen LogP contribution in [0.15, 0.2) is 52.1 Å². The van der Waals surface area contributed by atoms with Crippen LogP contribution in [0.2, 0.25) is 0 Å². The molecule has 0 radical (unpaired) electrons. The standard InChI is InChI=1S/C22H30N4O2.HI/c1-17-10-14-28-20(17)21(27)24-11-6-12-25-22(23-2)26-13-9-19(16-26)15-18-7-4-3-5-8-18;/h3-5,7-8,10,14,19H,6,9,11-13,15-16H2,1-2H3,(H,23,25)(H,24,27);1H. The summed E-state index contributed by atoms with van der Waals surface area (Å²) in [4.78, 5) is 18.8. The highest BCUT2D eigenvalue weighted by Gasteiger charge is 2.24. The smallest absolute Gasteiger partial charge is 0.287 e. The first-order chi connectivity index (χ1) is 13.7. The fourth-order valence-corrected chi connectivity index (χ4v) is 3.65. The second kappa shape index (κ2) is 11.8. The van der Waals surface area contributed by atoms with Crippen molar-refractivity contribution in [2.45, 2.75) is 26.2 Å². The van der Waals surface area contributed by atoms with Crippen LogP contribution < -0.4 is 10.6 Å². The molecular formula is C22H31IN4O2. The molecule has 6 nitrogen and oxygen atoms in total. The Morgan fingerprint density at radius 3 is 2.66 bits per heavy atom. The molecule has 1 aliphatic heterocycles. The van der Waals surface area contributed by atoms with Crippen molar-refractivity contribution in [3.63, 3.8) is 0 Å². The Bertz CT molecular complexity index is 791. The Kier molecular flexibility index (Phi) is 9.50. The lowest BCUT2D eigenvalue weighted by Crippen LogP contribution is -2.41. The Balaban J connectivity index is 0.00000300. The molecule has 1 aliphatic rings.